The van der Waals surface area contributed by atoms with E-state index in [0.29, 0.717) is 13.0 Å². The lowest BCUT2D eigenvalue weighted by molar-refractivity contribution is -0.130. The lowest BCUT2D eigenvalue weighted by Gasteiger charge is -2.15. The summed E-state index contributed by atoms with van der Waals surface area (Å²) < 4.78 is 24.4. The molecule has 1 amide bonds. The van der Waals surface area contributed by atoms with E-state index in [-0.39, 0.29) is 24.8 Å². The molecule has 1 aliphatic rings. The summed E-state index contributed by atoms with van der Waals surface area (Å²) >= 11 is 5.38. The van der Waals surface area contributed by atoms with E-state index in [4.69, 9.17) is 11.6 Å². The summed E-state index contributed by atoms with van der Waals surface area (Å²) in [7, 11) is 0. The van der Waals surface area contributed by atoms with Crippen LogP contribution in [0.25, 0.3) is 0 Å². The second-order valence-electron chi connectivity index (χ2n) is 3.16. The van der Waals surface area contributed by atoms with Gasteiger partial charge in [0.1, 0.15) is 0 Å². The lowest BCUT2D eigenvalue weighted by Crippen LogP contribution is -2.29. The minimum atomic E-state index is -2.31. The van der Waals surface area contributed by atoms with Gasteiger partial charge in [-0.3, -0.25) is 4.79 Å². The van der Waals surface area contributed by atoms with E-state index < -0.39 is 12.3 Å². The molecule has 0 aromatic rings. The van der Waals surface area contributed by atoms with Crippen molar-refractivity contribution in [3.63, 3.8) is 0 Å². The van der Waals surface area contributed by atoms with Gasteiger partial charge in [-0.05, 0) is 6.42 Å². The normalized spacial score (nSPS) is 22.8. The van der Waals surface area contributed by atoms with Gasteiger partial charge in [-0.2, -0.15) is 0 Å². The van der Waals surface area contributed by atoms with Crippen molar-refractivity contribution < 1.29 is 13.6 Å². The molecule has 0 radical (unpaired) electrons. The van der Waals surface area contributed by atoms with E-state index in [9.17, 15) is 13.6 Å². The van der Waals surface area contributed by atoms with E-state index in [1.54, 1.807) is 0 Å². The third kappa shape index (κ3) is 2.79. The van der Waals surface area contributed by atoms with Crippen LogP contribution < -0.4 is 0 Å². The maximum atomic E-state index is 12.2. The van der Waals surface area contributed by atoms with Crippen LogP contribution in [0.15, 0.2) is 0 Å². The van der Waals surface area contributed by atoms with Crippen LogP contribution >= 0.6 is 11.6 Å². The first kappa shape index (κ1) is 10.7. The average molecular weight is 212 g/mol. The van der Waals surface area contributed by atoms with Crippen molar-refractivity contribution in [3.8, 4) is 0 Å². The topological polar surface area (TPSA) is 20.3 Å². The molecule has 13 heavy (non-hydrogen) atoms. The van der Waals surface area contributed by atoms with Crippen molar-refractivity contribution >= 4 is 17.5 Å². The highest BCUT2D eigenvalue weighted by Crippen LogP contribution is 2.23. The van der Waals surface area contributed by atoms with Crippen LogP contribution in [0.5, 0.6) is 0 Å². The molecular weight excluding hydrogens is 200 g/mol. The first-order valence-electron chi connectivity index (χ1n) is 4.27. The number of alkyl halides is 3. The summed E-state index contributed by atoms with van der Waals surface area (Å²) in [5, 5.41) is 0. The van der Waals surface area contributed by atoms with Gasteiger partial charge in [-0.25, -0.2) is 8.78 Å². The smallest absolute Gasteiger partial charge is 0.243 e. The van der Waals surface area contributed by atoms with Crippen LogP contribution in [0.2, 0.25) is 0 Å². The number of likely N-dealkylation sites (tertiary alicyclic amines) is 1. The minimum Gasteiger partial charge on any atom is -0.342 e. The molecule has 2 nitrogen and oxygen atoms in total. The third-order valence-electron chi connectivity index (χ3n) is 2.24. The number of hydrogen-bond acceptors (Lipinski definition) is 1. The molecule has 1 fully saturated rings. The number of hydrogen-bond donors (Lipinski definition) is 0. The fourth-order valence-corrected chi connectivity index (χ4v) is 1.62. The number of halogens is 3. The van der Waals surface area contributed by atoms with Crippen LogP contribution in [0.1, 0.15) is 12.8 Å². The van der Waals surface area contributed by atoms with Crippen molar-refractivity contribution in [3.05, 3.63) is 0 Å². The number of carbonyl (C=O) groups is 1. The lowest BCUT2D eigenvalue weighted by atomic mass is 10.1. The van der Waals surface area contributed by atoms with Crippen LogP contribution in [-0.2, 0) is 4.79 Å². The number of carbonyl (C=O) groups excluding carboxylic acids is 1. The SMILES string of the molecule is O=C(CCCl)N1CCC(C(F)F)C1. The Labute approximate surface area is 80.8 Å². The Morgan fingerprint density at radius 2 is 2.31 bits per heavy atom. The van der Waals surface area contributed by atoms with Crippen LogP contribution in [0, 0.1) is 5.92 Å². The number of amides is 1. The Morgan fingerprint density at radius 3 is 2.77 bits per heavy atom. The predicted molar refractivity (Wildman–Crippen MR) is 46.0 cm³/mol. The van der Waals surface area contributed by atoms with Gasteiger partial charge in [0.15, 0.2) is 0 Å². The third-order valence-corrected chi connectivity index (χ3v) is 2.43. The Kier molecular flexibility index (Phi) is 3.90. The monoisotopic (exact) mass is 211 g/mol. The van der Waals surface area contributed by atoms with Crippen molar-refractivity contribution in [1.29, 1.82) is 0 Å². The van der Waals surface area contributed by atoms with E-state index >= 15 is 0 Å². The molecule has 0 aromatic carbocycles. The molecule has 0 N–H and O–H groups in total. The van der Waals surface area contributed by atoms with E-state index in [1.165, 1.54) is 4.90 Å². The summed E-state index contributed by atoms with van der Waals surface area (Å²) in [4.78, 5) is 12.7. The summed E-state index contributed by atoms with van der Waals surface area (Å²) in [5.74, 6) is -0.494. The number of nitrogens with zero attached hydrogens (tertiary/aromatic N) is 1. The van der Waals surface area contributed by atoms with Crippen LogP contribution in [0.4, 0.5) is 8.78 Å². The predicted octanol–water partition coefficient (Wildman–Crippen LogP) is 1.73. The fraction of sp³-hybridized carbons (Fsp3) is 0.875. The second kappa shape index (κ2) is 4.74. The Bertz CT molecular complexity index is 189. The van der Waals surface area contributed by atoms with Gasteiger partial charge in [0.25, 0.3) is 0 Å². The fourth-order valence-electron chi connectivity index (χ4n) is 1.46. The highest BCUT2D eigenvalue weighted by Gasteiger charge is 2.31. The summed E-state index contributed by atoms with van der Waals surface area (Å²) in [5.41, 5.74) is 0. The zero-order chi connectivity index (χ0) is 9.84. The molecule has 76 valence electrons. The van der Waals surface area contributed by atoms with Gasteiger partial charge < -0.3 is 4.90 Å². The molecule has 0 bridgehead atoms. The highest BCUT2D eigenvalue weighted by atomic mass is 35.5. The number of rotatable bonds is 3. The summed E-state index contributed by atoms with van der Waals surface area (Å²) in [6.45, 7) is 0.637. The zero-order valence-electron chi connectivity index (χ0n) is 7.18. The summed E-state index contributed by atoms with van der Waals surface area (Å²) in [6, 6.07) is 0. The molecule has 1 heterocycles. The molecule has 1 rings (SSSR count). The first-order valence-corrected chi connectivity index (χ1v) is 4.80. The van der Waals surface area contributed by atoms with Gasteiger partial charge in [-0.15, -0.1) is 11.6 Å². The van der Waals surface area contributed by atoms with Crippen molar-refractivity contribution in [2.45, 2.75) is 19.3 Å². The second-order valence-corrected chi connectivity index (χ2v) is 3.54. The molecule has 1 unspecified atom stereocenters. The highest BCUT2D eigenvalue weighted by molar-refractivity contribution is 6.18. The largest absolute Gasteiger partial charge is 0.342 e. The van der Waals surface area contributed by atoms with Gasteiger partial charge in [-0.1, -0.05) is 0 Å². The van der Waals surface area contributed by atoms with E-state index in [0.717, 1.165) is 0 Å². The molecule has 0 saturated carbocycles. The minimum absolute atomic E-state index is 0.113. The Hall–Kier alpha value is -0.380. The van der Waals surface area contributed by atoms with Gasteiger partial charge in [0.2, 0.25) is 12.3 Å². The standard InChI is InChI=1S/C8H12ClF2NO/c9-3-1-7(13)12-4-2-6(5-12)8(10)11/h6,8H,1-5H2. The van der Waals surface area contributed by atoms with Crippen LogP contribution in [-0.4, -0.2) is 36.2 Å². The molecule has 0 aromatic heterocycles. The first-order chi connectivity index (χ1) is 6.15. The maximum absolute atomic E-state index is 12.2. The van der Waals surface area contributed by atoms with Crippen molar-refractivity contribution in [2.24, 2.45) is 5.92 Å². The summed E-state index contributed by atoms with van der Waals surface area (Å²) in [6.07, 6.45) is -1.66. The van der Waals surface area contributed by atoms with Crippen molar-refractivity contribution in [2.75, 3.05) is 19.0 Å². The van der Waals surface area contributed by atoms with E-state index in [1.807, 2.05) is 0 Å². The average Bonchev–Trinajstić information content (AvgIpc) is 2.52. The van der Waals surface area contributed by atoms with Crippen molar-refractivity contribution in [1.82, 2.24) is 4.90 Å². The molecule has 0 aliphatic carbocycles. The Morgan fingerprint density at radius 1 is 1.62 bits per heavy atom. The van der Waals surface area contributed by atoms with Gasteiger partial charge in [0, 0.05) is 31.3 Å². The quantitative estimate of drug-likeness (QED) is 0.651. The van der Waals surface area contributed by atoms with Crippen LogP contribution in [0.3, 0.4) is 0 Å². The molecular formula is C8H12ClF2NO. The van der Waals surface area contributed by atoms with E-state index in [2.05, 4.69) is 0 Å². The maximum Gasteiger partial charge on any atom is 0.243 e. The molecule has 1 aliphatic heterocycles. The molecule has 1 saturated heterocycles. The zero-order valence-corrected chi connectivity index (χ0v) is 7.94. The van der Waals surface area contributed by atoms with Gasteiger partial charge >= 0.3 is 0 Å². The Balaban J connectivity index is 2.36. The molecule has 1 atom stereocenters. The molecule has 0 spiro atoms. The molecule has 5 heteroatoms. The van der Waals surface area contributed by atoms with Gasteiger partial charge in [0.05, 0.1) is 0 Å².